The van der Waals surface area contributed by atoms with E-state index in [1.54, 1.807) is 12.1 Å². The Balaban J connectivity index is 1.83. The highest BCUT2D eigenvalue weighted by Gasteiger charge is 2.28. The van der Waals surface area contributed by atoms with Crippen molar-refractivity contribution in [1.82, 2.24) is 4.98 Å². The van der Waals surface area contributed by atoms with E-state index >= 15 is 0 Å². The molecule has 4 heteroatoms. The van der Waals surface area contributed by atoms with E-state index in [-0.39, 0.29) is 0 Å². The zero-order valence-electron chi connectivity index (χ0n) is 12.2. The number of carbonyl (C=O) groups is 1. The number of hydrogen-bond acceptors (Lipinski definition) is 3. The molecule has 0 saturated heterocycles. The molecule has 0 unspecified atom stereocenters. The lowest BCUT2D eigenvalue weighted by Crippen LogP contribution is -2.23. The first kappa shape index (κ1) is 13.9. The third-order valence-electron chi connectivity index (χ3n) is 4.47. The van der Waals surface area contributed by atoms with Gasteiger partial charge in [0.05, 0.1) is 11.1 Å². The van der Waals surface area contributed by atoms with Crippen LogP contribution in [0, 0.1) is 5.41 Å². The second-order valence-corrected chi connectivity index (χ2v) is 6.25. The van der Waals surface area contributed by atoms with Crippen molar-refractivity contribution in [3.63, 3.8) is 0 Å². The van der Waals surface area contributed by atoms with E-state index in [4.69, 9.17) is 0 Å². The Morgan fingerprint density at radius 3 is 2.76 bits per heavy atom. The fourth-order valence-corrected chi connectivity index (χ4v) is 3.15. The Hall–Kier alpha value is -2.10. The Bertz CT molecular complexity index is 676. The molecule has 1 aromatic carbocycles. The van der Waals surface area contributed by atoms with E-state index in [1.165, 1.54) is 25.7 Å². The second kappa shape index (κ2) is 5.35. The number of carboxylic acids is 1. The third-order valence-corrected chi connectivity index (χ3v) is 4.47. The van der Waals surface area contributed by atoms with E-state index in [0.717, 1.165) is 17.9 Å². The van der Waals surface area contributed by atoms with Crippen LogP contribution in [0.1, 0.15) is 43.0 Å². The monoisotopic (exact) mass is 284 g/mol. The van der Waals surface area contributed by atoms with Crippen LogP contribution in [0.25, 0.3) is 10.9 Å². The Kier molecular flexibility index (Phi) is 3.53. The lowest BCUT2D eigenvalue weighted by atomic mass is 9.89. The predicted molar refractivity (Wildman–Crippen MR) is 83.8 cm³/mol. The number of aromatic carboxylic acids is 1. The lowest BCUT2D eigenvalue weighted by molar-refractivity contribution is 0.0699. The van der Waals surface area contributed by atoms with Crippen molar-refractivity contribution in [3.8, 4) is 0 Å². The van der Waals surface area contributed by atoms with Crippen LogP contribution in [0.2, 0.25) is 0 Å². The molecule has 1 aliphatic rings. The van der Waals surface area contributed by atoms with Gasteiger partial charge in [-0.1, -0.05) is 25.8 Å². The van der Waals surface area contributed by atoms with Crippen molar-refractivity contribution in [2.24, 2.45) is 5.41 Å². The number of carboxylic acid groups (broad SMARTS) is 1. The van der Waals surface area contributed by atoms with E-state index in [1.807, 2.05) is 18.2 Å². The van der Waals surface area contributed by atoms with Crippen LogP contribution in [0.4, 0.5) is 5.82 Å². The minimum atomic E-state index is -0.915. The zero-order chi connectivity index (χ0) is 14.9. The number of fused-ring (bicyclic) bond motifs is 1. The zero-order valence-corrected chi connectivity index (χ0v) is 12.2. The molecule has 21 heavy (non-hydrogen) atoms. The molecule has 4 nitrogen and oxygen atoms in total. The highest BCUT2D eigenvalue weighted by atomic mass is 16.4. The molecule has 2 N–H and O–H groups in total. The first-order chi connectivity index (χ1) is 10.1. The molecule has 0 spiro atoms. The van der Waals surface area contributed by atoms with E-state index < -0.39 is 5.97 Å². The van der Waals surface area contributed by atoms with Crippen LogP contribution in [-0.2, 0) is 0 Å². The second-order valence-electron chi connectivity index (χ2n) is 6.25. The fraction of sp³-hybridized carbons (Fsp3) is 0.412. The smallest absolute Gasteiger partial charge is 0.336 e. The van der Waals surface area contributed by atoms with Crippen molar-refractivity contribution in [2.75, 3.05) is 11.9 Å². The van der Waals surface area contributed by atoms with Gasteiger partial charge in [-0.3, -0.25) is 0 Å². The summed E-state index contributed by atoms with van der Waals surface area (Å²) in [5.74, 6) is -0.0975. The van der Waals surface area contributed by atoms with Crippen molar-refractivity contribution in [1.29, 1.82) is 0 Å². The summed E-state index contributed by atoms with van der Waals surface area (Å²) in [4.78, 5) is 15.7. The molecular weight excluding hydrogens is 264 g/mol. The van der Waals surface area contributed by atoms with E-state index in [2.05, 4.69) is 17.2 Å². The van der Waals surface area contributed by atoms with Crippen LogP contribution in [0.3, 0.4) is 0 Å². The van der Waals surface area contributed by atoms with Gasteiger partial charge in [0, 0.05) is 11.9 Å². The number of hydrogen-bond donors (Lipinski definition) is 2. The number of rotatable bonds is 4. The number of nitrogens with one attached hydrogen (secondary N) is 1. The maximum absolute atomic E-state index is 11.2. The molecule has 0 aliphatic heterocycles. The van der Waals surface area contributed by atoms with Crippen molar-refractivity contribution in [3.05, 3.63) is 35.9 Å². The summed E-state index contributed by atoms with van der Waals surface area (Å²) in [6.45, 7) is 3.24. The van der Waals surface area contributed by atoms with Crippen LogP contribution in [0.15, 0.2) is 30.3 Å². The molecule has 1 fully saturated rings. The normalized spacial score (nSPS) is 17.0. The van der Waals surface area contributed by atoms with Gasteiger partial charge < -0.3 is 10.4 Å². The standard InChI is InChI=1S/C17H20N2O2/c1-17(9-2-3-10-17)11-18-15-8-7-12-13(16(20)21)5-4-6-14(12)19-15/h4-8H,2-3,9-11H2,1H3,(H,18,19)(H,20,21). The molecule has 1 heterocycles. The average molecular weight is 284 g/mol. The number of benzene rings is 1. The molecule has 0 atom stereocenters. The maximum atomic E-state index is 11.2. The number of anilines is 1. The highest BCUT2D eigenvalue weighted by Crippen LogP contribution is 2.37. The van der Waals surface area contributed by atoms with Gasteiger partial charge >= 0.3 is 5.97 Å². The molecule has 1 aliphatic carbocycles. The lowest BCUT2D eigenvalue weighted by Gasteiger charge is -2.24. The van der Waals surface area contributed by atoms with Crippen LogP contribution in [-0.4, -0.2) is 22.6 Å². The molecule has 1 saturated carbocycles. The highest BCUT2D eigenvalue weighted by molar-refractivity contribution is 6.02. The molecule has 3 rings (SSSR count). The minimum Gasteiger partial charge on any atom is -0.478 e. The van der Waals surface area contributed by atoms with Gasteiger partial charge in [0.2, 0.25) is 0 Å². The first-order valence-corrected chi connectivity index (χ1v) is 7.44. The van der Waals surface area contributed by atoms with Gasteiger partial charge in [-0.25, -0.2) is 9.78 Å². The Labute approximate surface area is 124 Å². The van der Waals surface area contributed by atoms with E-state index in [0.29, 0.717) is 16.4 Å². The van der Waals surface area contributed by atoms with E-state index in [9.17, 15) is 9.90 Å². The van der Waals surface area contributed by atoms with Crippen LogP contribution < -0.4 is 5.32 Å². The molecule has 0 amide bonds. The summed E-state index contributed by atoms with van der Waals surface area (Å²) in [6.07, 6.45) is 5.14. The summed E-state index contributed by atoms with van der Waals surface area (Å²) in [5, 5.41) is 13.3. The summed E-state index contributed by atoms with van der Waals surface area (Å²) < 4.78 is 0. The maximum Gasteiger partial charge on any atom is 0.336 e. The third kappa shape index (κ3) is 2.84. The molecular formula is C17H20N2O2. The predicted octanol–water partition coefficient (Wildman–Crippen LogP) is 3.93. The average Bonchev–Trinajstić information content (AvgIpc) is 2.91. The van der Waals surface area contributed by atoms with Crippen LogP contribution >= 0.6 is 0 Å². The molecule has 1 aromatic heterocycles. The molecule has 0 bridgehead atoms. The summed E-state index contributed by atoms with van der Waals surface area (Å²) in [5.41, 5.74) is 1.38. The minimum absolute atomic E-state index is 0.300. The van der Waals surface area contributed by atoms with Crippen molar-refractivity contribution < 1.29 is 9.90 Å². The molecule has 110 valence electrons. The molecule has 0 radical (unpaired) electrons. The van der Waals surface area contributed by atoms with Gasteiger partial charge in [0.15, 0.2) is 0 Å². The van der Waals surface area contributed by atoms with Gasteiger partial charge in [-0.2, -0.15) is 0 Å². The summed E-state index contributed by atoms with van der Waals surface area (Å²) >= 11 is 0. The Morgan fingerprint density at radius 2 is 2.05 bits per heavy atom. The quantitative estimate of drug-likeness (QED) is 0.893. The van der Waals surface area contributed by atoms with Gasteiger partial charge in [-0.05, 0) is 42.5 Å². The van der Waals surface area contributed by atoms with Crippen molar-refractivity contribution >= 4 is 22.7 Å². The van der Waals surface area contributed by atoms with Crippen LogP contribution in [0.5, 0.6) is 0 Å². The first-order valence-electron chi connectivity index (χ1n) is 7.44. The summed E-state index contributed by atoms with van der Waals surface area (Å²) in [6, 6.07) is 8.91. The topological polar surface area (TPSA) is 62.2 Å². The SMILES string of the molecule is CC1(CNc2ccc3c(C(=O)O)cccc3n2)CCCC1. The molecule has 2 aromatic rings. The largest absolute Gasteiger partial charge is 0.478 e. The van der Waals surface area contributed by atoms with Crippen molar-refractivity contribution in [2.45, 2.75) is 32.6 Å². The van der Waals surface area contributed by atoms with Gasteiger partial charge in [0.25, 0.3) is 0 Å². The van der Waals surface area contributed by atoms with Gasteiger partial charge in [0.1, 0.15) is 5.82 Å². The summed E-state index contributed by atoms with van der Waals surface area (Å²) in [7, 11) is 0. The number of pyridine rings is 1. The van der Waals surface area contributed by atoms with Gasteiger partial charge in [-0.15, -0.1) is 0 Å². The fourth-order valence-electron chi connectivity index (χ4n) is 3.15. The number of aromatic nitrogens is 1. The number of nitrogens with zero attached hydrogens (tertiary/aromatic N) is 1. The Morgan fingerprint density at radius 1 is 1.29 bits per heavy atom.